The predicted molar refractivity (Wildman–Crippen MR) is 52.7 cm³/mol. The third-order valence-electron chi connectivity index (χ3n) is 1.96. The SMILES string of the molecule is c1ncc2cc3ncsc3cc2n1. The third kappa shape index (κ3) is 0.990. The second-order valence-corrected chi connectivity index (χ2v) is 3.64. The summed E-state index contributed by atoms with van der Waals surface area (Å²) >= 11 is 1.63. The first-order valence-electron chi connectivity index (χ1n) is 3.86. The maximum atomic E-state index is 4.23. The van der Waals surface area contributed by atoms with Crippen molar-refractivity contribution in [2.45, 2.75) is 0 Å². The van der Waals surface area contributed by atoms with Gasteiger partial charge in [-0.1, -0.05) is 0 Å². The summed E-state index contributed by atoms with van der Waals surface area (Å²) in [6, 6.07) is 4.06. The van der Waals surface area contributed by atoms with E-state index in [9.17, 15) is 0 Å². The van der Waals surface area contributed by atoms with E-state index in [1.807, 2.05) is 17.6 Å². The quantitative estimate of drug-likeness (QED) is 0.541. The maximum absolute atomic E-state index is 4.23. The first-order valence-corrected chi connectivity index (χ1v) is 4.74. The zero-order valence-electron chi connectivity index (χ0n) is 6.64. The maximum Gasteiger partial charge on any atom is 0.116 e. The summed E-state index contributed by atoms with van der Waals surface area (Å²) in [6.45, 7) is 0. The number of rotatable bonds is 0. The molecular weight excluding hydrogens is 182 g/mol. The number of thiazole rings is 1. The Balaban J connectivity index is 2.57. The fraction of sp³-hybridized carbons (Fsp3) is 0. The molecule has 0 fully saturated rings. The van der Waals surface area contributed by atoms with Crippen molar-refractivity contribution in [1.82, 2.24) is 15.0 Å². The molecular formula is C9H5N3S. The Morgan fingerprint density at radius 1 is 1.08 bits per heavy atom. The van der Waals surface area contributed by atoms with Crippen LogP contribution in [0.4, 0.5) is 0 Å². The number of benzene rings is 1. The molecule has 0 aliphatic carbocycles. The van der Waals surface area contributed by atoms with Crippen LogP contribution in [-0.2, 0) is 0 Å². The number of fused-ring (bicyclic) bond motifs is 2. The second-order valence-electron chi connectivity index (χ2n) is 2.75. The summed E-state index contributed by atoms with van der Waals surface area (Å²) in [5.74, 6) is 0. The summed E-state index contributed by atoms with van der Waals surface area (Å²) in [6.07, 6.45) is 3.37. The van der Waals surface area contributed by atoms with Gasteiger partial charge in [0, 0.05) is 11.6 Å². The molecule has 0 saturated heterocycles. The van der Waals surface area contributed by atoms with Crippen LogP contribution in [0, 0.1) is 0 Å². The molecule has 3 nitrogen and oxygen atoms in total. The average molecular weight is 187 g/mol. The Morgan fingerprint density at radius 3 is 3.08 bits per heavy atom. The molecule has 0 N–H and O–H groups in total. The number of hydrogen-bond acceptors (Lipinski definition) is 4. The van der Waals surface area contributed by atoms with E-state index >= 15 is 0 Å². The molecule has 0 aliphatic heterocycles. The van der Waals surface area contributed by atoms with Crippen molar-refractivity contribution in [1.29, 1.82) is 0 Å². The summed E-state index contributed by atoms with van der Waals surface area (Å²) in [4.78, 5) is 12.4. The predicted octanol–water partition coefficient (Wildman–Crippen LogP) is 2.24. The van der Waals surface area contributed by atoms with Crippen molar-refractivity contribution < 1.29 is 0 Å². The van der Waals surface area contributed by atoms with Gasteiger partial charge in [0.1, 0.15) is 6.33 Å². The van der Waals surface area contributed by atoms with Gasteiger partial charge in [-0.15, -0.1) is 11.3 Å². The first kappa shape index (κ1) is 6.91. The van der Waals surface area contributed by atoms with E-state index in [-0.39, 0.29) is 0 Å². The molecule has 0 radical (unpaired) electrons. The highest BCUT2D eigenvalue weighted by molar-refractivity contribution is 7.16. The highest BCUT2D eigenvalue weighted by atomic mass is 32.1. The molecule has 1 aromatic carbocycles. The van der Waals surface area contributed by atoms with Crippen LogP contribution in [0.2, 0.25) is 0 Å². The summed E-state index contributed by atoms with van der Waals surface area (Å²) < 4.78 is 1.17. The highest BCUT2D eigenvalue weighted by Crippen LogP contribution is 2.22. The molecule has 0 unspecified atom stereocenters. The lowest BCUT2D eigenvalue weighted by Crippen LogP contribution is -1.79. The van der Waals surface area contributed by atoms with Crippen molar-refractivity contribution in [3.05, 3.63) is 30.2 Å². The van der Waals surface area contributed by atoms with Gasteiger partial charge < -0.3 is 0 Å². The molecule has 3 aromatic rings. The zero-order valence-corrected chi connectivity index (χ0v) is 7.45. The van der Waals surface area contributed by atoms with E-state index in [0.717, 1.165) is 16.4 Å². The van der Waals surface area contributed by atoms with E-state index in [4.69, 9.17) is 0 Å². The van der Waals surface area contributed by atoms with Gasteiger partial charge in [0.05, 0.1) is 21.2 Å². The van der Waals surface area contributed by atoms with E-state index < -0.39 is 0 Å². The normalized spacial score (nSPS) is 11.1. The van der Waals surface area contributed by atoms with E-state index in [2.05, 4.69) is 15.0 Å². The first-order chi connectivity index (χ1) is 6.43. The smallest absolute Gasteiger partial charge is 0.116 e. The Morgan fingerprint density at radius 2 is 2.08 bits per heavy atom. The highest BCUT2D eigenvalue weighted by Gasteiger charge is 1.99. The Bertz CT molecular complexity index is 523. The van der Waals surface area contributed by atoms with E-state index in [1.54, 1.807) is 23.9 Å². The average Bonchev–Trinajstić information content (AvgIpc) is 2.61. The summed E-state index contributed by atoms with van der Waals surface area (Å²) in [7, 11) is 0. The van der Waals surface area contributed by atoms with Crippen LogP contribution >= 0.6 is 11.3 Å². The van der Waals surface area contributed by atoms with Gasteiger partial charge in [0.2, 0.25) is 0 Å². The largest absolute Gasteiger partial charge is 0.245 e. The van der Waals surface area contributed by atoms with Gasteiger partial charge in [-0.25, -0.2) is 15.0 Å². The Labute approximate surface area is 78.1 Å². The van der Waals surface area contributed by atoms with Crippen LogP contribution in [0.25, 0.3) is 21.1 Å². The topological polar surface area (TPSA) is 38.7 Å². The second kappa shape index (κ2) is 2.47. The molecule has 13 heavy (non-hydrogen) atoms. The molecule has 0 amide bonds. The van der Waals surface area contributed by atoms with Crippen LogP contribution in [0.5, 0.6) is 0 Å². The molecule has 0 bridgehead atoms. The van der Waals surface area contributed by atoms with Crippen LogP contribution in [0.15, 0.2) is 30.2 Å². The number of nitrogens with zero attached hydrogens (tertiary/aromatic N) is 3. The fourth-order valence-corrected chi connectivity index (χ4v) is 2.03. The number of aromatic nitrogens is 3. The van der Waals surface area contributed by atoms with Gasteiger partial charge >= 0.3 is 0 Å². The Hall–Kier alpha value is -1.55. The molecule has 0 spiro atoms. The molecule has 0 atom stereocenters. The van der Waals surface area contributed by atoms with Crippen molar-refractivity contribution in [2.75, 3.05) is 0 Å². The summed E-state index contributed by atoms with van der Waals surface area (Å²) in [5, 5.41) is 1.04. The lowest BCUT2D eigenvalue weighted by Gasteiger charge is -1.94. The van der Waals surface area contributed by atoms with Gasteiger partial charge in [0.15, 0.2) is 0 Å². The van der Waals surface area contributed by atoms with Gasteiger partial charge in [0.25, 0.3) is 0 Å². The molecule has 4 heteroatoms. The lowest BCUT2D eigenvalue weighted by molar-refractivity contribution is 1.22. The van der Waals surface area contributed by atoms with Crippen LogP contribution < -0.4 is 0 Å². The van der Waals surface area contributed by atoms with Gasteiger partial charge in [-0.2, -0.15) is 0 Å². The monoisotopic (exact) mass is 187 g/mol. The van der Waals surface area contributed by atoms with Crippen molar-refractivity contribution in [2.24, 2.45) is 0 Å². The van der Waals surface area contributed by atoms with Crippen molar-refractivity contribution in [3.63, 3.8) is 0 Å². The zero-order chi connectivity index (χ0) is 8.67. The van der Waals surface area contributed by atoms with Gasteiger partial charge in [-0.05, 0) is 12.1 Å². The third-order valence-corrected chi connectivity index (χ3v) is 2.75. The minimum absolute atomic E-state index is 0.978. The fourth-order valence-electron chi connectivity index (χ4n) is 1.33. The number of hydrogen-bond donors (Lipinski definition) is 0. The van der Waals surface area contributed by atoms with Crippen LogP contribution in [0.1, 0.15) is 0 Å². The van der Waals surface area contributed by atoms with E-state index in [0.29, 0.717) is 0 Å². The Kier molecular flexibility index (Phi) is 1.31. The van der Waals surface area contributed by atoms with Crippen molar-refractivity contribution in [3.8, 4) is 0 Å². The summed E-state index contributed by atoms with van der Waals surface area (Å²) in [5.41, 5.74) is 3.84. The van der Waals surface area contributed by atoms with Crippen molar-refractivity contribution >= 4 is 32.5 Å². The van der Waals surface area contributed by atoms with Crippen LogP contribution in [0.3, 0.4) is 0 Å². The molecule has 3 rings (SSSR count). The molecule has 2 aromatic heterocycles. The molecule has 0 saturated carbocycles. The molecule has 0 aliphatic rings. The van der Waals surface area contributed by atoms with E-state index in [1.165, 1.54) is 4.70 Å². The minimum Gasteiger partial charge on any atom is -0.245 e. The molecule has 2 heterocycles. The standard InChI is InChI=1S/C9H5N3S/c1-6-3-10-4-11-7(6)2-9-8(1)12-5-13-9/h1-5H. The van der Waals surface area contributed by atoms with Gasteiger partial charge in [-0.3, -0.25) is 0 Å². The lowest BCUT2D eigenvalue weighted by atomic mass is 10.2. The van der Waals surface area contributed by atoms with Crippen LogP contribution in [-0.4, -0.2) is 15.0 Å². The molecule has 62 valence electrons. The minimum atomic E-state index is 0.978.